The molecule has 1 aliphatic rings. The van der Waals surface area contributed by atoms with Crippen LogP contribution < -0.4 is 5.32 Å². The summed E-state index contributed by atoms with van der Waals surface area (Å²) in [7, 11) is 0. The minimum absolute atomic E-state index is 0.267. The molecular weight excluding hydrogens is 191 g/mol. The Kier molecular flexibility index (Phi) is 2.04. The van der Waals surface area contributed by atoms with Gasteiger partial charge in [0.2, 0.25) is 0 Å². The van der Waals surface area contributed by atoms with Gasteiger partial charge >= 0.3 is 0 Å². The Labute approximate surface area is 89.9 Å². The van der Waals surface area contributed by atoms with E-state index >= 15 is 0 Å². The smallest absolute Gasteiger partial charge is 0.141 e. The summed E-state index contributed by atoms with van der Waals surface area (Å²) >= 11 is 0. The largest absolute Gasteiger partial charge is 0.366 e. The molecule has 0 unspecified atom stereocenters. The molecule has 1 heterocycles. The summed E-state index contributed by atoms with van der Waals surface area (Å²) in [5.74, 6) is 0.454. The van der Waals surface area contributed by atoms with Crippen LogP contribution in [-0.2, 0) is 0 Å². The maximum atomic E-state index is 12.7. The van der Waals surface area contributed by atoms with Crippen molar-refractivity contribution in [1.29, 1.82) is 0 Å². The number of rotatable bonds is 2. The number of hydrogen-bond donors (Lipinski definition) is 1. The van der Waals surface area contributed by atoms with Crippen molar-refractivity contribution < 1.29 is 4.39 Å². The van der Waals surface area contributed by atoms with Crippen molar-refractivity contribution in [3.05, 3.63) is 24.1 Å². The predicted octanol–water partition coefficient (Wildman–Crippen LogP) is 3.07. The average molecular weight is 208 g/mol. The number of nitrogens with zero attached hydrogens (tertiary/aromatic N) is 1. The normalized spacial score (nSPS) is 22.5. The van der Waals surface area contributed by atoms with Crippen LogP contribution in [0.1, 0.15) is 27.7 Å². The first-order valence-corrected chi connectivity index (χ1v) is 5.24. The van der Waals surface area contributed by atoms with E-state index in [-0.39, 0.29) is 16.6 Å². The predicted molar refractivity (Wildman–Crippen MR) is 59.2 cm³/mol. The van der Waals surface area contributed by atoms with Crippen LogP contribution in [0.5, 0.6) is 0 Å². The zero-order valence-corrected chi connectivity index (χ0v) is 9.63. The second kappa shape index (κ2) is 2.94. The molecular formula is C12H17FN2. The second-order valence-corrected chi connectivity index (χ2v) is 5.38. The van der Waals surface area contributed by atoms with Gasteiger partial charge in [-0.2, -0.15) is 0 Å². The van der Waals surface area contributed by atoms with E-state index in [1.807, 2.05) is 0 Å². The van der Waals surface area contributed by atoms with E-state index in [2.05, 4.69) is 38.0 Å². The third kappa shape index (κ3) is 1.50. The lowest BCUT2D eigenvalue weighted by Gasteiger charge is -2.06. The molecule has 1 N–H and O–H groups in total. The molecule has 0 aliphatic heterocycles. The van der Waals surface area contributed by atoms with Gasteiger partial charge in [-0.05, 0) is 23.0 Å². The highest BCUT2D eigenvalue weighted by Gasteiger charge is 2.65. The number of pyridine rings is 1. The van der Waals surface area contributed by atoms with Crippen LogP contribution in [0.3, 0.4) is 0 Å². The molecule has 1 aliphatic carbocycles. The molecule has 15 heavy (non-hydrogen) atoms. The van der Waals surface area contributed by atoms with Crippen molar-refractivity contribution in [2.45, 2.75) is 33.7 Å². The standard InChI is InChI=1S/C12H17FN2/c1-11(2)10(12(11,3)4)15-9-6-5-8(13)7-14-9/h5-7,10H,1-4H3,(H,14,15). The van der Waals surface area contributed by atoms with Gasteiger partial charge in [0.25, 0.3) is 0 Å². The molecule has 0 amide bonds. The van der Waals surface area contributed by atoms with Crippen LogP contribution in [0, 0.1) is 16.6 Å². The minimum Gasteiger partial charge on any atom is -0.366 e. The zero-order chi connectivity index (χ0) is 11.3. The van der Waals surface area contributed by atoms with Crippen molar-refractivity contribution in [2.75, 3.05) is 5.32 Å². The number of halogens is 1. The van der Waals surface area contributed by atoms with Crippen molar-refractivity contribution in [2.24, 2.45) is 10.8 Å². The molecule has 1 fully saturated rings. The third-order valence-electron chi connectivity index (χ3n) is 4.04. The lowest BCUT2D eigenvalue weighted by atomic mass is 10.0. The Bertz CT molecular complexity index is 354. The van der Waals surface area contributed by atoms with Crippen LogP contribution >= 0.6 is 0 Å². The van der Waals surface area contributed by atoms with Crippen LogP contribution in [0.25, 0.3) is 0 Å². The van der Waals surface area contributed by atoms with Gasteiger partial charge in [-0.15, -0.1) is 0 Å². The highest BCUT2D eigenvalue weighted by molar-refractivity contribution is 5.41. The molecule has 1 saturated carbocycles. The average Bonchev–Trinajstić information content (AvgIpc) is 2.52. The van der Waals surface area contributed by atoms with E-state index < -0.39 is 0 Å². The molecule has 0 radical (unpaired) electrons. The van der Waals surface area contributed by atoms with Gasteiger partial charge in [-0.1, -0.05) is 27.7 Å². The second-order valence-electron chi connectivity index (χ2n) is 5.38. The number of nitrogens with one attached hydrogen (secondary N) is 1. The SMILES string of the molecule is CC1(C)C(Nc2ccc(F)cn2)C1(C)C. The van der Waals surface area contributed by atoms with E-state index in [0.29, 0.717) is 6.04 Å². The maximum Gasteiger partial charge on any atom is 0.141 e. The van der Waals surface area contributed by atoms with Gasteiger partial charge in [0.15, 0.2) is 0 Å². The van der Waals surface area contributed by atoms with Crippen LogP contribution in [0.4, 0.5) is 10.2 Å². The van der Waals surface area contributed by atoms with Crippen molar-refractivity contribution >= 4 is 5.82 Å². The van der Waals surface area contributed by atoms with Crippen LogP contribution in [0.15, 0.2) is 18.3 Å². The van der Waals surface area contributed by atoms with E-state index in [1.165, 1.54) is 12.3 Å². The van der Waals surface area contributed by atoms with E-state index in [0.717, 1.165) is 5.82 Å². The van der Waals surface area contributed by atoms with Gasteiger partial charge in [0, 0.05) is 6.04 Å². The molecule has 1 aromatic rings. The van der Waals surface area contributed by atoms with Crippen molar-refractivity contribution in [1.82, 2.24) is 4.98 Å². The molecule has 0 atom stereocenters. The summed E-state index contributed by atoms with van der Waals surface area (Å²) in [5.41, 5.74) is 0.534. The fraction of sp³-hybridized carbons (Fsp3) is 0.583. The number of hydrogen-bond acceptors (Lipinski definition) is 2. The fourth-order valence-electron chi connectivity index (χ4n) is 2.17. The highest BCUT2D eigenvalue weighted by atomic mass is 19.1. The summed E-state index contributed by atoms with van der Waals surface area (Å²) in [6.07, 6.45) is 1.24. The summed E-state index contributed by atoms with van der Waals surface area (Å²) in [5, 5.41) is 3.35. The van der Waals surface area contributed by atoms with E-state index in [4.69, 9.17) is 0 Å². The summed E-state index contributed by atoms with van der Waals surface area (Å²) in [6.45, 7) is 8.92. The molecule has 0 aromatic carbocycles. The zero-order valence-electron chi connectivity index (χ0n) is 9.63. The fourth-order valence-corrected chi connectivity index (χ4v) is 2.17. The first-order chi connectivity index (χ1) is 6.85. The molecule has 2 rings (SSSR count). The Balaban J connectivity index is 2.09. The third-order valence-corrected chi connectivity index (χ3v) is 4.04. The summed E-state index contributed by atoms with van der Waals surface area (Å²) < 4.78 is 12.7. The number of aromatic nitrogens is 1. The lowest BCUT2D eigenvalue weighted by molar-refractivity contribution is 0.457. The van der Waals surface area contributed by atoms with Crippen molar-refractivity contribution in [3.8, 4) is 0 Å². The molecule has 1 aromatic heterocycles. The highest BCUT2D eigenvalue weighted by Crippen LogP contribution is 2.63. The Morgan fingerprint density at radius 3 is 2.20 bits per heavy atom. The van der Waals surface area contributed by atoms with E-state index in [9.17, 15) is 4.39 Å². The van der Waals surface area contributed by atoms with Gasteiger partial charge < -0.3 is 5.32 Å². The van der Waals surface area contributed by atoms with Crippen molar-refractivity contribution in [3.63, 3.8) is 0 Å². The first-order valence-electron chi connectivity index (χ1n) is 5.24. The van der Waals surface area contributed by atoms with Crippen LogP contribution in [0.2, 0.25) is 0 Å². The number of anilines is 1. The summed E-state index contributed by atoms with van der Waals surface area (Å²) in [4.78, 5) is 4.00. The van der Waals surface area contributed by atoms with Gasteiger partial charge in [0.1, 0.15) is 11.6 Å². The first kappa shape index (κ1) is 10.4. The lowest BCUT2D eigenvalue weighted by Crippen LogP contribution is -2.11. The molecule has 2 nitrogen and oxygen atoms in total. The minimum atomic E-state index is -0.296. The Hall–Kier alpha value is -1.12. The maximum absolute atomic E-state index is 12.7. The van der Waals surface area contributed by atoms with E-state index in [1.54, 1.807) is 6.07 Å². The summed E-state index contributed by atoms with van der Waals surface area (Å²) in [6, 6.07) is 3.51. The van der Waals surface area contributed by atoms with Gasteiger partial charge in [-0.25, -0.2) is 9.37 Å². The molecule has 0 bridgehead atoms. The van der Waals surface area contributed by atoms with Gasteiger partial charge in [-0.3, -0.25) is 0 Å². The monoisotopic (exact) mass is 208 g/mol. The van der Waals surface area contributed by atoms with Crippen LogP contribution in [-0.4, -0.2) is 11.0 Å². The molecule has 0 spiro atoms. The quantitative estimate of drug-likeness (QED) is 0.808. The topological polar surface area (TPSA) is 24.9 Å². The van der Waals surface area contributed by atoms with Gasteiger partial charge in [0.05, 0.1) is 6.20 Å². The molecule has 3 heteroatoms. The molecule has 82 valence electrons. The Morgan fingerprint density at radius 2 is 1.80 bits per heavy atom. The molecule has 0 saturated heterocycles. The Morgan fingerprint density at radius 1 is 1.20 bits per heavy atom.